The number of thiophene rings is 1. The van der Waals surface area contributed by atoms with Gasteiger partial charge in [-0.2, -0.15) is 0 Å². The third-order valence-electron chi connectivity index (χ3n) is 3.78. The fourth-order valence-corrected chi connectivity index (χ4v) is 3.90. The lowest BCUT2D eigenvalue weighted by Gasteiger charge is -2.32. The first-order valence-electron chi connectivity index (χ1n) is 6.67. The fraction of sp³-hybridized carbons (Fsp3) is 0.571. The Morgan fingerprint density at radius 1 is 1.17 bits per heavy atom. The van der Waals surface area contributed by atoms with Gasteiger partial charge in [0.05, 0.1) is 5.39 Å². The highest BCUT2D eigenvalue weighted by atomic mass is 32.1. The number of nitrogens with zero attached hydrogens (tertiary/aromatic N) is 2. The molecule has 1 aliphatic carbocycles. The van der Waals surface area contributed by atoms with E-state index < -0.39 is 0 Å². The van der Waals surface area contributed by atoms with Gasteiger partial charge in [-0.1, -0.05) is 13.8 Å². The van der Waals surface area contributed by atoms with Crippen LogP contribution in [0.2, 0.25) is 0 Å². The molecule has 3 nitrogen and oxygen atoms in total. The van der Waals surface area contributed by atoms with E-state index in [-0.39, 0.29) is 0 Å². The van der Waals surface area contributed by atoms with E-state index >= 15 is 0 Å². The van der Waals surface area contributed by atoms with Crippen molar-refractivity contribution in [2.24, 2.45) is 11.8 Å². The van der Waals surface area contributed by atoms with Crippen LogP contribution in [0.1, 0.15) is 33.1 Å². The molecule has 2 heterocycles. The molecule has 2 atom stereocenters. The summed E-state index contributed by atoms with van der Waals surface area (Å²) in [5.74, 6) is 2.63. The predicted molar refractivity (Wildman–Crippen MR) is 77.0 cm³/mol. The zero-order valence-corrected chi connectivity index (χ0v) is 11.7. The number of hydrogen-bond acceptors (Lipinski definition) is 4. The lowest BCUT2D eigenvalue weighted by molar-refractivity contribution is 0.280. The topological polar surface area (TPSA) is 37.8 Å². The Labute approximate surface area is 112 Å². The van der Waals surface area contributed by atoms with Crippen LogP contribution in [-0.4, -0.2) is 16.0 Å². The number of nitrogens with one attached hydrogen (secondary N) is 1. The van der Waals surface area contributed by atoms with E-state index in [9.17, 15) is 0 Å². The van der Waals surface area contributed by atoms with E-state index in [4.69, 9.17) is 0 Å². The van der Waals surface area contributed by atoms with Gasteiger partial charge in [-0.25, -0.2) is 9.97 Å². The Morgan fingerprint density at radius 2 is 1.94 bits per heavy atom. The monoisotopic (exact) mass is 261 g/mol. The predicted octanol–water partition coefficient (Wildman–Crippen LogP) is 3.93. The highest BCUT2D eigenvalue weighted by Crippen LogP contribution is 2.32. The first kappa shape index (κ1) is 11.9. The van der Waals surface area contributed by atoms with Gasteiger partial charge in [-0.05, 0) is 42.5 Å². The lowest BCUT2D eigenvalue weighted by atomic mass is 9.80. The van der Waals surface area contributed by atoms with E-state index in [1.165, 1.54) is 19.3 Å². The summed E-state index contributed by atoms with van der Waals surface area (Å²) in [5, 5.41) is 6.87. The molecule has 1 N–H and O–H groups in total. The highest BCUT2D eigenvalue weighted by Gasteiger charge is 2.24. The second kappa shape index (κ2) is 4.84. The normalized spacial score (nSPS) is 28.4. The summed E-state index contributed by atoms with van der Waals surface area (Å²) in [5.41, 5.74) is 0. The van der Waals surface area contributed by atoms with Crippen molar-refractivity contribution in [1.82, 2.24) is 9.97 Å². The molecule has 18 heavy (non-hydrogen) atoms. The van der Waals surface area contributed by atoms with E-state index in [2.05, 4.69) is 40.6 Å². The van der Waals surface area contributed by atoms with Crippen LogP contribution in [0.4, 0.5) is 5.82 Å². The van der Waals surface area contributed by atoms with Crippen LogP contribution >= 0.6 is 11.3 Å². The number of hydrogen-bond donors (Lipinski definition) is 1. The first-order chi connectivity index (χ1) is 8.72. The number of anilines is 1. The van der Waals surface area contributed by atoms with Crippen LogP contribution in [0.15, 0.2) is 17.8 Å². The van der Waals surface area contributed by atoms with Crippen LogP contribution in [0.5, 0.6) is 0 Å². The molecule has 0 amide bonds. The van der Waals surface area contributed by atoms with Crippen molar-refractivity contribution in [3.63, 3.8) is 0 Å². The molecule has 3 rings (SSSR count). The van der Waals surface area contributed by atoms with Gasteiger partial charge in [0.2, 0.25) is 0 Å². The minimum atomic E-state index is 0.557. The van der Waals surface area contributed by atoms with Gasteiger partial charge in [0.1, 0.15) is 17.0 Å². The standard InChI is InChI=1S/C14H19N3S/c1-9-5-10(2)7-11(6-9)17-13-12-3-4-18-14(12)16-8-15-13/h3-4,8-11H,5-7H2,1-2H3,(H,15,16,17). The molecular weight excluding hydrogens is 242 g/mol. The molecule has 0 saturated heterocycles. The molecule has 1 fully saturated rings. The Kier molecular flexibility index (Phi) is 3.20. The van der Waals surface area contributed by atoms with Crippen molar-refractivity contribution < 1.29 is 0 Å². The summed E-state index contributed by atoms with van der Waals surface area (Å²) < 4.78 is 0. The Balaban J connectivity index is 1.81. The van der Waals surface area contributed by atoms with Gasteiger partial charge in [0.25, 0.3) is 0 Å². The van der Waals surface area contributed by atoms with Crippen molar-refractivity contribution >= 4 is 27.4 Å². The van der Waals surface area contributed by atoms with Crippen molar-refractivity contribution in [3.05, 3.63) is 17.8 Å². The first-order valence-corrected chi connectivity index (χ1v) is 7.55. The largest absolute Gasteiger partial charge is 0.367 e. The van der Waals surface area contributed by atoms with Crippen LogP contribution in [0, 0.1) is 11.8 Å². The molecule has 4 heteroatoms. The molecule has 2 aromatic heterocycles. The number of rotatable bonds is 2. The average Bonchev–Trinajstić information content (AvgIpc) is 2.76. The van der Waals surface area contributed by atoms with Gasteiger partial charge in [-0.3, -0.25) is 0 Å². The Morgan fingerprint density at radius 3 is 2.72 bits per heavy atom. The minimum absolute atomic E-state index is 0.557. The van der Waals surface area contributed by atoms with Gasteiger partial charge in [0, 0.05) is 6.04 Å². The molecule has 0 bridgehead atoms. The smallest absolute Gasteiger partial charge is 0.138 e. The molecule has 0 radical (unpaired) electrons. The van der Waals surface area contributed by atoms with Crippen LogP contribution in [-0.2, 0) is 0 Å². The van der Waals surface area contributed by atoms with E-state index in [1.54, 1.807) is 17.7 Å². The quantitative estimate of drug-likeness (QED) is 0.890. The van der Waals surface area contributed by atoms with E-state index in [1.807, 2.05) is 0 Å². The molecule has 1 saturated carbocycles. The summed E-state index contributed by atoms with van der Waals surface area (Å²) in [7, 11) is 0. The van der Waals surface area contributed by atoms with Crippen molar-refractivity contribution in [2.45, 2.75) is 39.2 Å². The Hall–Kier alpha value is -1.16. The SMILES string of the molecule is CC1CC(C)CC(Nc2ncnc3sccc23)C1. The third-order valence-corrected chi connectivity index (χ3v) is 4.60. The molecule has 1 aliphatic rings. The summed E-state index contributed by atoms with van der Waals surface area (Å²) in [6, 6.07) is 2.67. The summed E-state index contributed by atoms with van der Waals surface area (Å²) in [6.45, 7) is 4.70. The van der Waals surface area contributed by atoms with Gasteiger partial charge < -0.3 is 5.32 Å². The van der Waals surface area contributed by atoms with Gasteiger partial charge >= 0.3 is 0 Å². The minimum Gasteiger partial charge on any atom is -0.367 e. The van der Waals surface area contributed by atoms with Crippen molar-refractivity contribution in [2.75, 3.05) is 5.32 Å². The van der Waals surface area contributed by atoms with Crippen LogP contribution in [0.3, 0.4) is 0 Å². The summed E-state index contributed by atoms with van der Waals surface area (Å²) in [4.78, 5) is 9.77. The molecule has 96 valence electrons. The fourth-order valence-electron chi connectivity index (χ4n) is 3.16. The second-order valence-electron chi connectivity index (χ2n) is 5.62. The maximum Gasteiger partial charge on any atom is 0.138 e. The average molecular weight is 261 g/mol. The maximum atomic E-state index is 4.41. The zero-order chi connectivity index (χ0) is 12.5. The zero-order valence-electron chi connectivity index (χ0n) is 10.9. The van der Waals surface area contributed by atoms with E-state index in [0.29, 0.717) is 6.04 Å². The molecule has 2 aromatic rings. The number of fused-ring (bicyclic) bond motifs is 1. The molecule has 0 aliphatic heterocycles. The summed E-state index contributed by atoms with van der Waals surface area (Å²) >= 11 is 1.67. The van der Waals surface area contributed by atoms with Gasteiger partial charge in [-0.15, -0.1) is 11.3 Å². The molecular formula is C14H19N3S. The highest BCUT2D eigenvalue weighted by molar-refractivity contribution is 7.16. The van der Waals surface area contributed by atoms with Crippen molar-refractivity contribution in [1.29, 1.82) is 0 Å². The molecule has 0 spiro atoms. The van der Waals surface area contributed by atoms with Crippen LogP contribution < -0.4 is 5.32 Å². The summed E-state index contributed by atoms with van der Waals surface area (Å²) in [6.07, 6.45) is 5.52. The van der Waals surface area contributed by atoms with Crippen molar-refractivity contribution in [3.8, 4) is 0 Å². The van der Waals surface area contributed by atoms with Gasteiger partial charge in [0.15, 0.2) is 0 Å². The second-order valence-corrected chi connectivity index (χ2v) is 6.51. The molecule has 0 aromatic carbocycles. The van der Waals surface area contributed by atoms with E-state index in [0.717, 1.165) is 27.9 Å². The maximum absolute atomic E-state index is 4.41. The van der Waals surface area contributed by atoms with Crippen LogP contribution in [0.25, 0.3) is 10.2 Å². The molecule has 2 unspecified atom stereocenters. The number of aromatic nitrogens is 2. The Bertz CT molecular complexity index is 527. The third kappa shape index (κ3) is 2.34. The lowest BCUT2D eigenvalue weighted by Crippen LogP contribution is -2.30.